The minimum atomic E-state index is -3.77. The molecule has 3 rings (SSSR count). The first-order valence-corrected chi connectivity index (χ1v) is 11.4. The van der Waals surface area contributed by atoms with Crippen LogP contribution >= 0.6 is 11.8 Å². The molecule has 1 atom stereocenters. The number of nitrogens with one attached hydrogen (secondary N) is 2. The van der Waals surface area contributed by atoms with E-state index in [9.17, 15) is 13.5 Å². The molecule has 0 saturated carbocycles. The lowest BCUT2D eigenvalue weighted by Crippen LogP contribution is -2.21. The van der Waals surface area contributed by atoms with Gasteiger partial charge in [-0.05, 0) is 24.6 Å². The highest BCUT2D eigenvalue weighted by Crippen LogP contribution is 2.24. The van der Waals surface area contributed by atoms with E-state index in [0.717, 1.165) is 5.56 Å². The maximum Gasteiger partial charge on any atom is 0.263 e. The lowest BCUT2D eigenvalue weighted by molar-refractivity contribution is 0.281. The molecule has 29 heavy (non-hydrogen) atoms. The molecule has 0 aliphatic carbocycles. The van der Waals surface area contributed by atoms with Crippen LogP contribution in [0.4, 0.5) is 11.6 Å². The highest BCUT2D eigenvalue weighted by atomic mass is 32.2. The number of sulfonamides is 1. The molecule has 0 bridgehead atoms. The Bertz CT molecular complexity index is 1030. The van der Waals surface area contributed by atoms with E-state index in [1.807, 2.05) is 30.3 Å². The van der Waals surface area contributed by atoms with Crippen LogP contribution in [0.5, 0.6) is 0 Å². The number of aromatic nitrogens is 2. The van der Waals surface area contributed by atoms with Crippen molar-refractivity contribution in [3.63, 3.8) is 0 Å². The van der Waals surface area contributed by atoms with Crippen LogP contribution in [-0.4, -0.2) is 36.1 Å². The van der Waals surface area contributed by atoms with Crippen molar-refractivity contribution in [2.45, 2.75) is 28.8 Å². The van der Waals surface area contributed by atoms with E-state index in [2.05, 4.69) is 20.0 Å². The van der Waals surface area contributed by atoms with Gasteiger partial charge in [-0.1, -0.05) is 60.3 Å². The van der Waals surface area contributed by atoms with Gasteiger partial charge in [0.1, 0.15) is 11.6 Å². The zero-order valence-corrected chi connectivity index (χ0v) is 17.5. The third-order valence-electron chi connectivity index (χ3n) is 3.88. The highest BCUT2D eigenvalue weighted by Gasteiger charge is 2.16. The average Bonchev–Trinajstić information content (AvgIpc) is 2.73. The minimum absolute atomic E-state index is 0.0818. The number of rotatable bonds is 9. The molecule has 0 spiro atoms. The van der Waals surface area contributed by atoms with Crippen LogP contribution in [0.2, 0.25) is 0 Å². The summed E-state index contributed by atoms with van der Waals surface area (Å²) in [7, 11) is -3.77. The van der Waals surface area contributed by atoms with Crippen LogP contribution in [0.15, 0.2) is 76.8 Å². The SMILES string of the molecule is C[C@H](CO)Nc1cc(NS(=O)(=O)c2ccccc2)nc(SCc2ccccc2)n1. The minimum Gasteiger partial charge on any atom is -0.394 e. The van der Waals surface area contributed by atoms with Crippen LogP contribution < -0.4 is 10.0 Å². The van der Waals surface area contributed by atoms with Gasteiger partial charge in [0, 0.05) is 17.9 Å². The maximum absolute atomic E-state index is 12.6. The number of aliphatic hydroxyl groups is 1. The molecule has 0 amide bonds. The van der Waals surface area contributed by atoms with Crippen LogP contribution in [0, 0.1) is 0 Å². The third-order valence-corrected chi connectivity index (χ3v) is 6.17. The predicted octanol–water partition coefficient (Wildman–Crippen LogP) is 3.36. The van der Waals surface area contributed by atoms with Crippen molar-refractivity contribution >= 4 is 33.4 Å². The Morgan fingerprint density at radius 2 is 1.62 bits per heavy atom. The fourth-order valence-electron chi connectivity index (χ4n) is 2.43. The van der Waals surface area contributed by atoms with E-state index in [1.165, 1.54) is 30.0 Å². The lowest BCUT2D eigenvalue weighted by Gasteiger charge is -2.14. The van der Waals surface area contributed by atoms with Gasteiger partial charge in [0.25, 0.3) is 10.0 Å². The molecule has 0 radical (unpaired) electrons. The van der Waals surface area contributed by atoms with Gasteiger partial charge in [-0.15, -0.1) is 0 Å². The van der Waals surface area contributed by atoms with E-state index in [4.69, 9.17) is 0 Å². The number of nitrogens with zero attached hydrogens (tertiary/aromatic N) is 2. The summed E-state index contributed by atoms with van der Waals surface area (Å²) >= 11 is 1.40. The van der Waals surface area contributed by atoms with Gasteiger partial charge in [-0.25, -0.2) is 18.4 Å². The van der Waals surface area contributed by atoms with Crippen LogP contribution in [0.3, 0.4) is 0 Å². The summed E-state index contributed by atoms with van der Waals surface area (Å²) < 4.78 is 27.8. The normalized spacial score (nSPS) is 12.3. The Balaban J connectivity index is 1.85. The second kappa shape index (κ2) is 9.73. The monoisotopic (exact) mass is 430 g/mol. The van der Waals surface area contributed by atoms with Crippen LogP contribution in [-0.2, 0) is 15.8 Å². The second-order valence-electron chi connectivity index (χ2n) is 6.34. The first kappa shape index (κ1) is 21.1. The fraction of sp³-hybridized carbons (Fsp3) is 0.200. The number of anilines is 2. The van der Waals surface area contributed by atoms with Gasteiger partial charge in [-0.3, -0.25) is 4.72 Å². The van der Waals surface area contributed by atoms with Gasteiger partial charge in [0.05, 0.1) is 11.5 Å². The molecule has 0 aliphatic rings. The van der Waals surface area contributed by atoms with Crippen molar-refractivity contribution in [3.8, 4) is 0 Å². The third kappa shape index (κ3) is 6.18. The van der Waals surface area contributed by atoms with Crippen molar-refractivity contribution in [2.24, 2.45) is 0 Å². The molecule has 152 valence electrons. The molecule has 0 fully saturated rings. The zero-order valence-electron chi connectivity index (χ0n) is 15.8. The Morgan fingerprint density at radius 3 is 2.28 bits per heavy atom. The second-order valence-corrected chi connectivity index (χ2v) is 8.97. The average molecular weight is 431 g/mol. The van der Waals surface area contributed by atoms with Gasteiger partial charge in [0.2, 0.25) is 0 Å². The highest BCUT2D eigenvalue weighted by molar-refractivity contribution is 7.98. The quantitative estimate of drug-likeness (QED) is 0.353. The summed E-state index contributed by atoms with van der Waals surface area (Å²) in [4.78, 5) is 8.93. The van der Waals surface area contributed by atoms with Crippen molar-refractivity contribution in [1.82, 2.24) is 9.97 Å². The predicted molar refractivity (Wildman–Crippen MR) is 115 cm³/mol. The van der Waals surface area contributed by atoms with Crippen molar-refractivity contribution < 1.29 is 13.5 Å². The maximum atomic E-state index is 12.6. The largest absolute Gasteiger partial charge is 0.394 e. The van der Waals surface area contributed by atoms with Gasteiger partial charge in [-0.2, -0.15) is 0 Å². The smallest absolute Gasteiger partial charge is 0.263 e. The molecule has 3 N–H and O–H groups in total. The van der Waals surface area contributed by atoms with Gasteiger partial charge < -0.3 is 10.4 Å². The van der Waals surface area contributed by atoms with E-state index in [-0.39, 0.29) is 23.4 Å². The molecule has 9 heteroatoms. The molecule has 0 aliphatic heterocycles. The zero-order chi connectivity index (χ0) is 20.7. The molecule has 0 unspecified atom stereocenters. The number of benzene rings is 2. The van der Waals surface area contributed by atoms with Gasteiger partial charge >= 0.3 is 0 Å². The summed E-state index contributed by atoms with van der Waals surface area (Å²) in [5, 5.41) is 12.8. The summed E-state index contributed by atoms with van der Waals surface area (Å²) in [6.07, 6.45) is 0. The van der Waals surface area contributed by atoms with Crippen molar-refractivity contribution in [2.75, 3.05) is 16.6 Å². The Kier molecular flexibility index (Phi) is 7.08. The van der Waals surface area contributed by atoms with E-state index in [0.29, 0.717) is 16.7 Å². The van der Waals surface area contributed by atoms with Crippen molar-refractivity contribution in [1.29, 1.82) is 0 Å². The van der Waals surface area contributed by atoms with Gasteiger partial charge in [0.15, 0.2) is 5.16 Å². The van der Waals surface area contributed by atoms with E-state index in [1.54, 1.807) is 25.1 Å². The fourth-order valence-corrected chi connectivity index (χ4v) is 4.26. The van der Waals surface area contributed by atoms with Crippen LogP contribution in [0.1, 0.15) is 12.5 Å². The molecular weight excluding hydrogens is 408 g/mol. The molecule has 1 heterocycles. The Morgan fingerprint density at radius 1 is 1.00 bits per heavy atom. The summed E-state index contributed by atoms with van der Waals surface area (Å²) in [6, 6.07) is 19.2. The molecule has 0 saturated heterocycles. The molecule has 1 aromatic heterocycles. The Hall–Kier alpha value is -2.62. The number of thioether (sulfide) groups is 1. The Labute approximate surface area is 174 Å². The van der Waals surface area contributed by atoms with Crippen molar-refractivity contribution in [3.05, 3.63) is 72.3 Å². The number of hydrogen-bond donors (Lipinski definition) is 3. The topological polar surface area (TPSA) is 104 Å². The summed E-state index contributed by atoms with van der Waals surface area (Å²) in [6.45, 7) is 1.72. The molecule has 7 nitrogen and oxygen atoms in total. The van der Waals surface area contributed by atoms with E-state index >= 15 is 0 Å². The number of aliphatic hydroxyl groups excluding tert-OH is 1. The first-order valence-electron chi connectivity index (χ1n) is 8.97. The van der Waals surface area contributed by atoms with E-state index < -0.39 is 10.0 Å². The van der Waals surface area contributed by atoms with Crippen LogP contribution in [0.25, 0.3) is 0 Å². The summed E-state index contributed by atoms with van der Waals surface area (Å²) in [5.74, 6) is 1.24. The molecule has 2 aromatic carbocycles. The number of hydrogen-bond acceptors (Lipinski definition) is 7. The molecule has 3 aromatic rings. The first-order chi connectivity index (χ1) is 14.0. The standard InChI is InChI=1S/C20H22N4O3S2/c1-15(13-25)21-18-12-19(24-29(26,27)17-10-6-3-7-11-17)23-20(22-18)28-14-16-8-4-2-5-9-16/h2-12,15,25H,13-14H2,1H3,(H2,21,22,23,24)/t15-/m1/s1. The molecular formula is C20H22N4O3S2. The lowest BCUT2D eigenvalue weighted by atomic mass is 10.2. The summed E-state index contributed by atoms with van der Waals surface area (Å²) in [5.41, 5.74) is 1.11.